The van der Waals surface area contributed by atoms with E-state index in [0.29, 0.717) is 18.0 Å². The first-order valence-corrected chi connectivity index (χ1v) is 10.1. The van der Waals surface area contributed by atoms with Crippen molar-refractivity contribution in [2.24, 2.45) is 0 Å². The van der Waals surface area contributed by atoms with E-state index in [1.807, 2.05) is 36.7 Å². The first-order valence-electron chi connectivity index (χ1n) is 6.84. The maximum atomic E-state index is 12.5. The van der Waals surface area contributed by atoms with Crippen LogP contribution in [0.25, 0.3) is 0 Å². The molecule has 0 saturated carbocycles. The Morgan fingerprint density at radius 2 is 2.10 bits per heavy atom. The molecular weight excluding hydrogens is 324 g/mol. The summed E-state index contributed by atoms with van der Waals surface area (Å²) < 4.78 is 27.7. The van der Waals surface area contributed by atoms with Crippen LogP contribution in [0.2, 0.25) is 0 Å². The van der Waals surface area contributed by atoms with Gasteiger partial charge < -0.3 is 5.32 Å². The average molecular weight is 345 g/mol. The van der Waals surface area contributed by atoms with Crippen LogP contribution in [0, 0.1) is 6.92 Å². The van der Waals surface area contributed by atoms with Gasteiger partial charge >= 0.3 is 0 Å². The number of sulfonamides is 1. The molecule has 2 aromatic heterocycles. The maximum absolute atomic E-state index is 12.5. The lowest BCUT2D eigenvalue weighted by molar-refractivity contribution is 0.579. The van der Waals surface area contributed by atoms with Crippen molar-refractivity contribution in [2.45, 2.75) is 31.7 Å². The van der Waals surface area contributed by atoms with Gasteiger partial charge in [0.1, 0.15) is 4.90 Å². The number of thiophene rings is 2. The Morgan fingerprint density at radius 3 is 2.76 bits per heavy atom. The quantitative estimate of drug-likeness (QED) is 0.774. The number of rotatable bonds is 8. The van der Waals surface area contributed by atoms with Gasteiger partial charge in [-0.3, -0.25) is 0 Å². The third kappa shape index (κ3) is 4.37. The highest BCUT2D eigenvalue weighted by Crippen LogP contribution is 2.26. The zero-order valence-electron chi connectivity index (χ0n) is 12.2. The lowest BCUT2D eigenvalue weighted by Gasteiger charge is -2.09. The molecule has 0 atom stereocenters. The van der Waals surface area contributed by atoms with Crippen LogP contribution >= 0.6 is 22.7 Å². The molecule has 0 saturated heterocycles. The van der Waals surface area contributed by atoms with Crippen LogP contribution in [0.4, 0.5) is 0 Å². The third-order valence-electron chi connectivity index (χ3n) is 3.04. The molecule has 0 bridgehead atoms. The topological polar surface area (TPSA) is 58.2 Å². The molecule has 0 aliphatic heterocycles. The minimum atomic E-state index is -3.44. The Hall–Kier alpha value is -0.730. The molecule has 116 valence electrons. The van der Waals surface area contributed by atoms with E-state index >= 15 is 0 Å². The average Bonchev–Trinajstić information content (AvgIpc) is 3.06. The van der Waals surface area contributed by atoms with Crippen LogP contribution in [0.15, 0.2) is 27.8 Å². The smallest absolute Gasteiger partial charge is 0.241 e. The molecule has 2 heterocycles. The third-order valence-corrected chi connectivity index (χ3v) is 6.90. The molecule has 2 aromatic rings. The summed E-state index contributed by atoms with van der Waals surface area (Å²) in [5.74, 6) is 0. The summed E-state index contributed by atoms with van der Waals surface area (Å²) in [4.78, 5) is 2.50. The minimum absolute atomic E-state index is 0.429. The van der Waals surface area contributed by atoms with Crippen molar-refractivity contribution in [3.05, 3.63) is 38.2 Å². The second kappa shape index (κ2) is 7.51. The zero-order valence-corrected chi connectivity index (χ0v) is 14.6. The monoisotopic (exact) mass is 344 g/mol. The second-order valence-electron chi connectivity index (χ2n) is 4.68. The number of aryl methyl sites for hydroxylation is 1. The highest BCUT2D eigenvalue weighted by molar-refractivity contribution is 7.89. The van der Waals surface area contributed by atoms with Crippen LogP contribution in [0.1, 0.15) is 22.2 Å². The summed E-state index contributed by atoms with van der Waals surface area (Å²) in [6, 6.07) is 4.00. The standard InChI is InChI=1S/C14H20N2O2S3/c1-3-15-9-13-14(11(2)10-20-13)21(17,18)16-7-6-12-5-4-8-19-12/h4-5,8,10,15-16H,3,6-7,9H2,1-2H3. The van der Waals surface area contributed by atoms with E-state index in [9.17, 15) is 8.42 Å². The molecule has 4 nitrogen and oxygen atoms in total. The predicted molar refractivity (Wildman–Crippen MR) is 89.6 cm³/mol. The van der Waals surface area contributed by atoms with Crippen molar-refractivity contribution in [1.82, 2.24) is 10.0 Å². The van der Waals surface area contributed by atoms with Crippen LogP contribution in [0.3, 0.4) is 0 Å². The number of nitrogens with one attached hydrogen (secondary N) is 2. The molecule has 0 aliphatic carbocycles. The Kier molecular flexibility index (Phi) is 5.95. The molecule has 7 heteroatoms. The lowest BCUT2D eigenvalue weighted by atomic mass is 10.3. The SMILES string of the molecule is CCNCc1scc(C)c1S(=O)(=O)NCCc1cccs1. The fourth-order valence-electron chi connectivity index (χ4n) is 2.04. The van der Waals surface area contributed by atoms with Gasteiger partial charge in [-0.15, -0.1) is 22.7 Å². The van der Waals surface area contributed by atoms with Gasteiger partial charge in [0.25, 0.3) is 0 Å². The van der Waals surface area contributed by atoms with Crippen LogP contribution in [-0.2, 0) is 23.0 Å². The van der Waals surface area contributed by atoms with Crippen molar-refractivity contribution < 1.29 is 8.42 Å². The second-order valence-corrected chi connectivity index (χ2v) is 8.38. The van der Waals surface area contributed by atoms with Gasteiger partial charge in [-0.2, -0.15) is 0 Å². The van der Waals surface area contributed by atoms with Gasteiger partial charge in [0.05, 0.1) is 0 Å². The van der Waals surface area contributed by atoms with Gasteiger partial charge in [0.15, 0.2) is 0 Å². The van der Waals surface area contributed by atoms with E-state index in [0.717, 1.165) is 23.4 Å². The first kappa shape index (κ1) is 16.6. The van der Waals surface area contributed by atoms with Gasteiger partial charge in [0.2, 0.25) is 10.0 Å². The van der Waals surface area contributed by atoms with E-state index in [1.165, 1.54) is 16.2 Å². The van der Waals surface area contributed by atoms with Gasteiger partial charge in [-0.1, -0.05) is 13.0 Å². The van der Waals surface area contributed by atoms with Crippen LogP contribution in [0.5, 0.6) is 0 Å². The highest BCUT2D eigenvalue weighted by atomic mass is 32.2. The summed E-state index contributed by atoms with van der Waals surface area (Å²) in [5.41, 5.74) is 0.816. The van der Waals surface area contributed by atoms with Crippen molar-refractivity contribution in [3.8, 4) is 0 Å². The molecule has 0 amide bonds. The Bertz CT molecular complexity index is 660. The molecule has 0 fully saturated rings. The van der Waals surface area contributed by atoms with Crippen molar-refractivity contribution in [1.29, 1.82) is 0 Å². The zero-order chi connectivity index (χ0) is 15.3. The summed E-state index contributed by atoms with van der Waals surface area (Å²) in [6.45, 7) is 5.70. The lowest BCUT2D eigenvalue weighted by Crippen LogP contribution is -2.27. The molecule has 21 heavy (non-hydrogen) atoms. The molecule has 2 N–H and O–H groups in total. The largest absolute Gasteiger partial charge is 0.312 e. The molecule has 0 unspecified atom stereocenters. The maximum Gasteiger partial charge on any atom is 0.241 e. The summed E-state index contributed by atoms with van der Waals surface area (Å²) >= 11 is 3.14. The van der Waals surface area contributed by atoms with E-state index in [1.54, 1.807) is 11.3 Å². The van der Waals surface area contributed by atoms with Gasteiger partial charge in [0, 0.05) is 22.8 Å². The van der Waals surface area contributed by atoms with E-state index in [4.69, 9.17) is 0 Å². The number of hydrogen-bond acceptors (Lipinski definition) is 5. The molecular formula is C14H20N2O2S3. The fourth-order valence-corrected chi connectivity index (χ4v) is 5.56. The molecule has 0 aliphatic rings. The van der Waals surface area contributed by atoms with Crippen molar-refractivity contribution >= 4 is 32.7 Å². The van der Waals surface area contributed by atoms with Gasteiger partial charge in [-0.05, 0) is 42.3 Å². The minimum Gasteiger partial charge on any atom is -0.312 e. The summed E-state index contributed by atoms with van der Waals surface area (Å²) in [6.07, 6.45) is 0.725. The Balaban J connectivity index is 2.06. The van der Waals surface area contributed by atoms with E-state index in [-0.39, 0.29) is 0 Å². The number of hydrogen-bond donors (Lipinski definition) is 2. The molecule has 0 aromatic carbocycles. The molecule has 0 spiro atoms. The Labute approximate surface area is 134 Å². The molecule has 2 rings (SSSR count). The van der Waals surface area contributed by atoms with Crippen LogP contribution in [-0.4, -0.2) is 21.5 Å². The molecule has 0 radical (unpaired) electrons. The highest BCUT2D eigenvalue weighted by Gasteiger charge is 2.22. The Morgan fingerprint density at radius 1 is 1.29 bits per heavy atom. The van der Waals surface area contributed by atoms with Crippen molar-refractivity contribution in [2.75, 3.05) is 13.1 Å². The predicted octanol–water partition coefficient (Wildman–Crippen LogP) is 2.75. The summed E-state index contributed by atoms with van der Waals surface area (Å²) in [7, 11) is -3.44. The first-order chi connectivity index (χ1) is 10.0. The van der Waals surface area contributed by atoms with Gasteiger partial charge in [-0.25, -0.2) is 13.1 Å². The van der Waals surface area contributed by atoms with Crippen LogP contribution < -0.4 is 10.0 Å². The van der Waals surface area contributed by atoms with E-state index < -0.39 is 10.0 Å². The van der Waals surface area contributed by atoms with Crippen molar-refractivity contribution in [3.63, 3.8) is 0 Å². The fraction of sp³-hybridized carbons (Fsp3) is 0.429. The van der Waals surface area contributed by atoms with E-state index in [2.05, 4.69) is 10.0 Å². The normalized spacial score (nSPS) is 11.9. The summed E-state index contributed by atoms with van der Waals surface area (Å²) in [5, 5.41) is 7.09.